The first-order valence-corrected chi connectivity index (χ1v) is 6.39. The molecule has 0 radical (unpaired) electrons. The van der Waals surface area contributed by atoms with Crippen LogP contribution in [0.1, 0.15) is 10.7 Å². The maximum Gasteiger partial charge on any atom is 0.0897 e. The van der Waals surface area contributed by atoms with Crippen LogP contribution >= 0.6 is 11.3 Å². The van der Waals surface area contributed by atoms with E-state index >= 15 is 0 Å². The van der Waals surface area contributed by atoms with Gasteiger partial charge in [-0.2, -0.15) is 5.10 Å². The highest BCUT2D eigenvalue weighted by Gasteiger charge is 2.05. The summed E-state index contributed by atoms with van der Waals surface area (Å²) in [5.41, 5.74) is 1.03. The van der Waals surface area contributed by atoms with Crippen LogP contribution in [0.25, 0.3) is 0 Å². The van der Waals surface area contributed by atoms with Gasteiger partial charge in [-0.1, -0.05) is 0 Å². The first-order valence-electron chi connectivity index (χ1n) is 5.51. The molecule has 17 heavy (non-hydrogen) atoms. The maximum atomic E-state index is 9.76. The van der Waals surface area contributed by atoms with Gasteiger partial charge in [0.2, 0.25) is 0 Å². The number of aromatic nitrogens is 3. The van der Waals surface area contributed by atoms with Gasteiger partial charge in [0.1, 0.15) is 0 Å². The van der Waals surface area contributed by atoms with Gasteiger partial charge in [0.15, 0.2) is 0 Å². The summed E-state index contributed by atoms with van der Waals surface area (Å²) in [7, 11) is 0. The van der Waals surface area contributed by atoms with E-state index in [4.69, 9.17) is 0 Å². The molecule has 2 aromatic rings. The van der Waals surface area contributed by atoms with Crippen molar-refractivity contribution < 1.29 is 5.11 Å². The molecule has 0 saturated carbocycles. The van der Waals surface area contributed by atoms with Crippen LogP contribution in [-0.2, 0) is 13.1 Å². The summed E-state index contributed by atoms with van der Waals surface area (Å²) in [6.07, 6.45) is 3.11. The summed E-state index contributed by atoms with van der Waals surface area (Å²) in [4.78, 5) is 4.34. The van der Waals surface area contributed by atoms with E-state index in [1.807, 2.05) is 24.6 Å². The number of nitrogens with one attached hydrogen (secondary N) is 1. The van der Waals surface area contributed by atoms with E-state index in [2.05, 4.69) is 15.4 Å². The molecule has 2 N–H and O–H groups in total. The number of thiazole rings is 1. The molecule has 0 fully saturated rings. The Hall–Kier alpha value is -1.24. The zero-order chi connectivity index (χ0) is 12.1. The maximum absolute atomic E-state index is 9.76. The highest BCUT2D eigenvalue weighted by atomic mass is 32.1. The Bertz CT molecular complexity index is 440. The summed E-state index contributed by atoms with van der Waals surface area (Å²) >= 11 is 1.64. The summed E-state index contributed by atoms with van der Waals surface area (Å²) in [6, 6.07) is 1.85. The van der Waals surface area contributed by atoms with Gasteiger partial charge < -0.3 is 10.4 Å². The zero-order valence-corrected chi connectivity index (χ0v) is 10.5. The third-order valence-corrected chi connectivity index (χ3v) is 3.13. The molecule has 2 aromatic heterocycles. The number of rotatable bonds is 6. The molecule has 6 heteroatoms. The predicted octanol–water partition coefficient (Wildman–Crippen LogP) is 0.799. The minimum atomic E-state index is -0.436. The Balaban J connectivity index is 1.68. The summed E-state index contributed by atoms with van der Waals surface area (Å²) < 4.78 is 1.72. The van der Waals surface area contributed by atoms with Crippen molar-refractivity contribution in [2.75, 3.05) is 6.54 Å². The minimum Gasteiger partial charge on any atom is -0.390 e. The van der Waals surface area contributed by atoms with Crippen LogP contribution in [0.15, 0.2) is 23.8 Å². The lowest BCUT2D eigenvalue weighted by molar-refractivity contribution is 0.146. The molecule has 1 unspecified atom stereocenters. The van der Waals surface area contributed by atoms with Crippen molar-refractivity contribution in [3.05, 3.63) is 34.5 Å². The molecule has 0 bridgehead atoms. The normalized spacial score (nSPS) is 12.8. The predicted molar refractivity (Wildman–Crippen MR) is 66.8 cm³/mol. The second-order valence-electron chi connectivity index (χ2n) is 3.87. The van der Waals surface area contributed by atoms with Crippen molar-refractivity contribution in [2.45, 2.75) is 26.1 Å². The molecule has 0 aromatic carbocycles. The number of nitrogens with zero attached hydrogens (tertiary/aromatic N) is 3. The quantitative estimate of drug-likeness (QED) is 0.798. The van der Waals surface area contributed by atoms with E-state index in [0.717, 1.165) is 10.7 Å². The van der Waals surface area contributed by atoms with Crippen molar-refractivity contribution in [1.82, 2.24) is 20.1 Å². The number of hydrogen-bond acceptors (Lipinski definition) is 5. The highest BCUT2D eigenvalue weighted by molar-refractivity contribution is 7.09. The first-order chi connectivity index (χ1) is 8.24. The van der Waals surface area contributed by atoms with Crippen LogP contribution in [0, 0.1) is 6.92 Å². The third-order valence-electron chi connectivity index (χ3n) is 2.31. The lowest BCUT2D eigenvalue weighted by atomic mass is 10.3. The van der Waals surface area contributed by atoms with E-state index in [1.165, 1.54) is 0 Å². The molecule has 0 saturated heterocycles. The van der Waals surface area contributed by atoms with Gasteiger partial charge in [-0.15, -0.1) is 11.3 Å². The van der Waals surface area contributed by atoms with E-state index in [9.17, 15) is 5.11 Å². The van der Waals surface area contributed by atoms with Gasteiger partial charge in [0.25, 0.3) is 0 Å². The topological polar surface area (TPSA) is 63.0 Å². The molecule has 92 valence electrons. The fraction of sp³-hybridized carbons (Fsp3) is 0.455. The number of hydrogen-bond donors (Lipinski definition) is 2. The zero-order valence-electron chi connectivity index (χ0n) is 9.71. The minimum absolute atomic E-state index is 0.436. The number of aliphatic hydroxyl groups is 1. The molecule has 5 nitrogen and oxygen atoms in total. The van der Waals surface area contributed by atoms with E-state index in [1.54, 1.807) is 22.2 Å². The first kappa shape index (κ1) is 12.2. The fourth-order valence-electron chi connectivity index (χ4n) is 1.55. The molecule has 0 amide bonds. The highest BCUT2D eigenvalue weighted by Crippen LogP contribution is 2.07. The largest absolute Gasteiger partial charge is 0.390 e. The molecule has 2 heterocycles. The average Bonchev–Trinajstić information content (AvgIpc) is 2.90. The Morgan fingerprint density at radius 3 is 3.12 bits per heavy atom. The second kappa shape index (κ2) is 5.90. The summed E-state index contributed by atoms with van der Waals surface area (Å²) in [6.45, 7) is 3.73. The van der Waals surface area contributed by atoms with Gasteiger partial charge in [-0.05, 0) is 13.0 Å². The van der Waals surface area contributed by atoms with E-state index < -0.39 is 6.10 Å². The van der Waals surface area contributed by atoms with E-state index in [0.29, 0.717) is 19.6 Å². The van der Waals surface area contributed by atoms with Crippen LogP contribution in [0.2, 0.25) is 0 Å². The second-order valence-corrected chi connectivity index (χ2v) is 4.93. The van der Waals surface area contributed by atoms with Crippen LogP contribution in [-0.4, -0.2) is 32.5 Å². The van der Waals surface area contributed by atoms with Crippen molar-refractivity contribution in [1.29, 1.82) is 0 Å². The van der Waals surface area contributed by atoms with Gasteiger partial charge in [0, 0.05) is 30.9 Å². The molecule has 0 aliphatic heterocycles. The Labute approximate surface area is 104 Å². The van der Waals surface area contributed by atoms with Crippen molar-refractivity contribution in [2.24, 2.45) is 0 Å². The van der Waals surface area contributed by atoms with Crippen LogP contribution in [0.3, 0.4) is 0 Å². The third kappa shape index (κ3) is 3.92. The van der Waals surface area contributed by atoms with Crippen LogP contribution in [0.4, 0.5) is 0 Å². The van der Waals surface area contributed by atoms with Crippen molar-refractivity contribution >= 4 is 11.3 Å². The smallest absolute Gasteiger partial charge is 0.0897 e. The van der Waals surface area contributed by atoms with Gasteiger partial charge >= 0.3 is 0 Å². The number of aliphatic hydroxyl groups excluding tert-OH is 1. The molecule has 0 aliphatic carbocycles. The lowest BCUT2D eigenvalue weighted by Gasteiger charge is -2.11. The monoisotopic (exact) mass is 252 g/mol. The van der Waals surface area contributed by atoms with Gasteiger partial charge in [-0.25, -0.2) is 4.98 Å². The SMILES string of the molecule is Cc1nc(CNCC(O)Cn2cccn2)cs1. The van der Waals surface area contributed by atoms with Crippen molar-refractivity contribution in [3.63, 3.8) is 0 Å². The fourth-order valence-corrected chi connectivity index (χ4v) is 2.16. The summed E-state index contributed by atoms with van der Waals surface area (Å²) in [5.74, 6) is 0. The van der Waals surface area contributed by atoms with Crippen LogP contribution < -0.4 is 5.32 Å². The molecule has 0 spiro atoms. The van der Waals surface area contributed by atoms with Gasteiger partial charge in [-0.3, -0.25) is 4.68 Å². The van der Waals surface area contributed by atoms with Crippen LogP contribution in [0.5, 0.6) is 0 Å². The summed E-state index contributed by atoms with van der Waals surface area (Å²) in [5, 5.41) is 20.1. The van der Waals surface area contributed by atoms with E-state index in [-0.39, 0.29) is 0 Å². The lowest BCUT2D eigenvalue weighted by Crippen LogP contribution is -2.30. The molecule has 0 aliphatic rings. The Morgan fingerprint density at radius 1 is 1.59 bits per heavy atom. The molecule has 2 rings (SSSR count). The molecule has 1 atom stereocenters. The molecular weight excluding hydrogens is 236 g/mol. The molecular formula is C11H16N4OS. The standard InChI is InChI=1S/C11H16N4OS/c1-9-14-10(8-17-9)5-12-6-11(16)7-15-4-2-3-13-15/h2-4,8,11-12,16H,5-7H2,1H3. The number of aryl methyl sites for hydroxylation is 1. The Kier molecular flexibility index (Phi) is 4.24. The van der Waals surface area contributed by atoms with Gasteiger partial charge in [0.05, 0.1) is 23.4 Å². The Morgan fingerprint density at radius 2 is 2.47 bits per heavy atom. The van der Waals surface area contributed by atoms with Crippen molar-refractivity contribution in [3.8, 4) is 0 Å². The average molecular weight is 252 g/mol.